The lowest BCUT2D eigenvalue weighted by molar-refractivity contribution is -0.143. The fourth-order valence-electron chi connectivity index (χ4n) is 3.30. The van der Waals surface area contributed by atoms with Crippen LogP contribution in [0.2, 0.25) is 0 Å². The summed E-state index contributed by atoms with van der Waals surface area (Å²) in [6.07, 6.45) is 3.59. The number of methoxy groups -OCH3 is 1. The van der Waals surface area contributed by atoms with E-state index in [2.05, 4.69) is 5.32 Å². The first-order chi connectivity index (χ1) is 12.4. The molecule has 1 aliphatic heterocycles. The molecular weight excluding hydrogens is 340 g/mol. The molecule has 2 aliphatic rings. The van der Waals surface area contributed by atoms with E-state index in [-0.39, 0.29) is 30.8 Å². The molecule has 0 aromatic carbocycles. The largest absolute Gasteiger partial charge is 0.467 e. The van der Waals surface area contributed by atoms with Crippen LogP contribution in [0, 0.1) is 5.41 Å². The number of aliphatic hydroxyl groups excluding tert-OH is 1. The Morgan fingerprint density at radius 2 is 2.04 bits per heavy atom. The minimum Gasteiger partial charge on any atom is -0.467 e. The molecule has 2 amide bonds. The van der Waals surface area contributed by atoms with Gasteiger partial charge in [0.2, 0.25) is 5.91 Å². The highest BCUT2D eigenvalue weighted by atomic mass is 16.6. The van der Waals surface area contributed by atoms with Crippen LogP contribution < -0.4 is 5.32 Å². The van der Waals surface area contributed by atoms with Crippen LogP contribution in [-0.4, -0.2) is 66.9 Å². The lowest BCUT2D eigenvalue weighted by atomic mass is 9.90. The van der Waals surface area contributed by atoms with Crippen LogP contribution in [0.1, 0.15) is 51.9 Å². The number of alkyl carbamates (subject to hydrolysis) is 1. The molecule has 8 nitrogen and oxygen atoms in total. The van der Waals surface area contributed by atoms with Gasteiger partial charge in [-0.1, -0.05) is 13.3 Å². The van der Waals surface area contributed by atoms with Gasteiger partial charge in [-0.3, -0.25) is 4.79 Å². The van der Waals surface area contributed by atoms with Crippen molar-refractivity contribution in [2.45, 2.75) is 64.0 Å². The Labute approximate surface area is 154 Å². The second kappa shape index (κ2) is 9.21. The van der Waals surface area contributed by atoms with Crippen molar-refractivity contribution in [1.82, 2.24) is 10.2 Å². The fraction of sp³-hybridized carbons (Fsp3) is 0.833. The molecule has 148 valence electrons. The molecule has 1 saturated heterocycles. The minimum atomic E-state index is -0.928. The van der Waals surface area contributed by atoms with Gasteiger partial charge in [-0.25, -0.2) is 9.59 Å². The highest BCUT2D eigenvalue weighted by Gasteiger charge is 2.51. The number of esters is 1. The van der Waals surface area contributed by atoms with Crippen molar-refractivity contribution in [3.63, 3.8) is 0 Å². The number of nitrogens with zero attached hydrogens (tertiary/aromatic N) is 1. The van der Waals surface area contributed by atoms with Crippen molar-refractivity contribution < 1.29 is 29.0 Å². The monoisotopic (exact) mass is 370 g/mol. The maximum atomic E-state index is 12.4. The molecule has 8 heteroatoms. The number of amides is 2. The molecule has 26 heavy (non-hydrogen) atoms. The van der Waals surface area contributed by atoms with E-state index in [1.807, 2.05) is 6.92 Å². The Kier molecular flexibility index (Phi) is 7.25. The first-order valence-corrected chi connectivity index (χ1v) is 9.39. The first-order valence-electron chi connectivity index (χ1n) is 9.39. The quantitative estimate of drug-likeness (QED) is 0.491. The van der Waals surface area contributed by atoms with E-state index in [1.165, 1.54) is 7.11 Å². The third-order valence-corrected chi connectivity index (χ3v) is 5.38. The SMILES string of the molecule is CCCCOC(=O)NC(CCC(=O)N1CCC2(CC2)C(O)C1)C(=O)OC. The fourth-order valence-corrected chi connectivity index (χ4v) is 3.30. The van der Waals surface area contributed by atoms with E-state index in [1.54, 1.807) is 4.90 Å². The second-order valence-electron chi connectivity index (χ2n) is 7.22. The summed E-state index contributed by atoms with van der Waals surface area (Å²) in [5.41, 5.74) is 0.0368. The number of piperidine rings is 1. The molecule has 1 saturated carbocycles. The highest BCUT2D eigenvalue weighted by molar-refractivity contribution is 5.82. The molecule has 0 aromatic rings. The molecule has 1 heterocycles. The van der Waals surface area contributed by atoms with E-state index in [0.29, 0.717) is 13.1 Å². The summed E-state index contributed by atoms with van der Waals surface area (Å²) in [4.78, 5) is 37.6. The topological polar surface area (TPSA) is 105 Å². The van der Waals surface area contributed by atoms with Crippen LogP contribution >= 0.6 is 0 Å². The van der Waals surface area contributed by atoms with Gasteiger partial charge >= 0.3 is 12.1 Å². The molecule has 0 aromatic heterocycles. The average Bonchev–Trinajstić information content (AvgIpc) is 3.41. The van der Waals surface area contributed by atoms with Crippen LogP contribution in [0.25, 0.3) is 0 Å². The zero-order valence-corrected chi connectivity index (χ0v) is 15.7. The first kappa shape index (κ1) is 20.5. The summed E-state index contributed by atoms with van der Waals surface area (Å²) in [5, 5.41) is 12.7. The summed E-state index contributed by atoms with van der Waals surface area (Å²) in [5.74, 6) is -0.740. The molecule has 1 aliphatic carbocycles. The average molecular weight is 370 g/mol. The van der Waals surface area contributed by atoms with E-state index < -0.39 is 24.2 Å². The van der Waals surface area contributed by atoms with Crippen LogP contribution in [0.5, 0.6) is 0 Å². The number of hydrogen-bond acceptors (Lipinski definition) is 6. The molecule has 2 atom stereocenters. The van der Waals surface area contributed by atoms with Gasteiger partial charge in [-0.05, 0) is 37.5 Å². The summed E-state index contributed by atoms with van der Waals surface area (Å²) in [6, 6.07) is -0.928. The Morgan fingerprint density at radius 3 is 2.62 bits per heavy atom. The van der Waals surface area contributed by atoms with Gasteiger partial charge in [0, 0.05) is 19.5 Å². The number of nitrogens with one attached hydrogen (secondary N) is 1. The molecule has 0 bridgehead atoms. The Hall–Kier alpha value is -1.83. The van der Waals surface area contributed by atoms with Gasteiger partial charge < -0.3 is 24.8 Å². The van der Waals surface area contributed by atoms with E-state index in [0.717, 1.165) is 32.1 Å². The van der Waals surface area contributed by atoms with Crippen molar-refractivity contribution in [3.8, 4) is 0 Å². The van der Waals surface area contributed by atoms with Gasteiger partial charge in [-0.2, -0.15) is 0 Å². The molecule has 2 rings (SSSR count). The van der Waals surface area contributed by atoms with Gasteiger partial charge in [0.1, 0.15) is 6.04 Å². The number of unbranched alkanes of at least 4 members (excludes halogenated alkanes) is 1. The van der Waals surface area contributed by atoms with Crippen LogP contribution in [0.3, 0.4) is 0 Å². The summed E-state index contributed by atoms with van der Waals surface area (Å²) >= 11 is 0. The van der Waals surface area contributed by atoms with Crippen molar-refractivity contribution in [1.29, 1.82) is 0 Å². The predicted molar refractivity (Wildman–Crippen MR) is 93.3 cm³/mol. The summed E-state index contributed by atoms with van der Waals surface area (Å²) in [7, 11) is 1.23. The number of ether oxygens (including phenoxy) is 2. The summed E-state index contributed by atoms with van der Waals surface area (Å²) in [6.45, 7) is 3.23. The third kappa shape index (κ3) is 5.33. The number of hydrogen-bond donors (Lipinski definition) is 2. The standard InChI is InChI=1S/C18H30N2O6/c1-3-4-11-26-17(24)19-13(16(23)25-2)5-6-15(22)20-10-9-18(7-8-18)14(21)12-20/h13-14,21H,3-12H2,1-2H3,(H,19,24). The number of rotatable bonds is 8. The lowest BCUT2D eigenvalue weighted by Crippen LogP contribution is -2.48. The van der Waals surface area contributed by atoms with Crippen molar-refractivity contribution >= 4 is 18.0 Å². The van der Waals surface area contributed by atoms with E-state index in [9.17, 15) is 19.5 Å². The van der Waals surface area contributed by atoms with Crippen molar-refractivity contribution in [2.24, 2.45) is 5.41 Å². The minimum absolute atomic E-state index is 0.0368. The smallest absolute Gasteiger partial charge is 0.407 e. The molecular formula is C18H30N2O6. The number of likely N-dealkylation sites (tertiary alicyclic amines) is 1. The zero-order chi connectivity index (χ0) is 19.2. The molecule has 1 spiro atoms. The van der Waals surface area contributed by atoms with Gasteiger partial charge in [-0.15, -0.1) is 0 Å². The molecule has 2 unspecified atom stereocenters. The Balaban J connectivity index is 1.79. The van der Waals surface area contributed by atoms with Gasteiger partial charge in [0.05, 0.1) is 19.8 Å². The van der Waals surface area contributed by atoms with Crippen molar-refractivity contribution in [3.05, 3.63) is 0 Å². The number of carbonyl (C=O) groups excluding carboxylic acids is 3. The molecule has 2 N–H and O–H groups in total. The molecule has 0 radical (unpaired) electrons. The Morgan fingerprint density at radius 1 is 1.31 bits per heavy atom. The maximum absolute atomic E-state index is 12.4. The van der Waals surface area contributed by atoms with Gasteiger partial charge in [0.15, 0.2) is 0 Å². The van der Waals surface area contributed by atoms with E-state index in [4.69, 9.17) is 9.47 Å². The maximum Gasteiger partial charge on any atom is 0.407 e. The number of β-amino-alcohol motifs (C(OH)–C–C–N with tert-alkyl or cyclic N) is 1. The lowest BCUT2D eigenvalue weighted by Gasteiger charge is -2.36. The van der Waals surface area contributed by atoms with Crippen LogP contribution in [-0.2, 0) is 19.1 Å². The predicted octanol–water partition coefficient (Wildman–Crippen LogP) is 1.21. The second-order valence-corrected chi connectivity index (χ2v) is 7.22. The van der Waals surface area contributed by atoms with E-state index >= 15 is 0 Å². The third-order valence-electron chi connectivity index (χ3n) is 5.38. The van der Waals surface area contributed by atoms with Gasteiger partial charge in [0.25, 0.3) is 0 Å². The summed E-state index contributed by atoms with van der Waals surface area (Å²) < 4.78 is 9.68. The van der Waals surface area contributed by atoms with Crippen molar-refractivity contribution in [2.75, 3.05) is 26.8 Å². The number of aliphatic hydroxyl groups is 1. The normalized spacial score (nSPS) is 21.8. The number of carbonyl (C=O) groups is 3. The highest BCUT2D eigenvalue weighted by Crippen LogP contribution is 2.53. The van der Waals surface area contributed by atoms with Crippen LogP contribution in [0.15, 0.2) is 0 Å². The Bertz CT molecular complexity index is 520. The molecule has 2 fully saturated rings. The zero-order valence-electron chi connectivity index (χ0n) is 15.7. The van der Waals surface area contributed by atoms with Crippen LogP contribution in [0.4, 0.5) is 4.79 Å².